The van der Waals surface area contributed by atoms with E-state index in [0.29, 0.717) is 5.92 Å². The second-order valence-electron chi connectivity index (χ2n) is 6.74. The predicted molar refractivity (Wildman–Crippen MR) is 104 cm³/mol. The second kappa shape index (κ2) is 7.42. The van der Waals surface area contributed by atoms with Gasteiger partial charge in [-0.1, -0.05) is 29.8 Å². The van der Waals surface area contributed by atoms with Crippen molar-refractivity contribution in [2.75, 3.05) is 19.7 Å². The minimum absolute atomic E-state index is 0.0395. The maximum Gasteiger partial charge on any atom is 0.260 e. The quantitative estimate of drug-likeness (QED) is 0.731. The number of piperidine rings is 1. The van der Waals surface area contributed by atoms with Crippen LogP contribution in [0.1, 0.15) is 24.5 Å². The number of H-pyrrole nitrogens is 1. The minimum Gasteiger partial charge on any atom is -0.484 e. The minimum atomic E-state index is 0.0395. The smallest absolute Gasteiger partial charge is 0.260 e. The molecule has 4 nitrogen and oxygen atoms in total. The molecule has 1 aliphatic rings. The largest absolute Gasteiger partial charge is 0.484 e. The Hall–Kier alpha value is -2.46. The first-order chi connectivity index (χ1) is 12.7. The topological polar surface area (TPSA) is 45.3 Å². The number of ether oxygens (including phenoxy) is 1. The van der Waals surface area contributed by atoms with Crippen molar-refractivity contribution in [3.8, 4) is 5.75 Å². The Kier molecular flexibility index (Phi) is 4.85. The molecule has 3 aromatic rings. The van der Waals surface area contributed by atoms with Gasteiger partial charge >= 0.3 is 0 Å². The number of halogens is 1. The molecule has 1 unspecified atom stereocenters. The number of para-hydroxylation sites is 1. The number of carbonyl (C=O) groups is 1. The molecule has 0 spiro atoms. The number of aromatic amines is 1. The summed E-state index contributed by atoms with van der Waals surface area (Å²) in [5, 5.41) is 1.85. The fraction of sp³-hybridized carbons (Fsp3) is 0.286. The number of rotatable bonds is 4. The number of aromatic nitrogens is 1. The molecule has 1 fully saturated rings. The van der Waals surface area contributed by atoms with Crippen LogP contribution in [0.3, 0.4) is 0 Å². The van der Waals surface area contributed by atoms with E-state index in [1.54, 1.807) is 0 Å². The Morgan fingerprint density at radius 3 is 2.88 bits per heavy atom. The van der Waals surface area contributed by atoms with Crippen molar-refractivity contribution >= 4 is 28.4 Å². The molecule has 0 saturated carbocycles. The van der Waals surface area contributed by atoms with Gasteiger partial charge in [-0.05, 0) is 49.2 Å². The van der Waals surface area contributed by atoms with Gasteiger partial charge in [0.25, 0.3) is 5.91 Å². The van der Waals surface area contributed by atoms with Crippen molar-refractivity contribution < 1.29 is 9.53 Å². The molecule has 1 amide bonds. The predicted octanol–water partition coefficient (Wildman–Crippen LogP) is 4.61. The van der Waals surface area contributed by atoms with E-state index in [1.807, 2.05) is 53.4 Å². The molecule has 1 aliphatic heterocycles. The van der Waals surface area contributed by atoms with Crippen LogP contribution in [-0.4, -0.2) is 35.5 Å². The average Bonchev–Trinajstić information content (AvgIpc) is 3.10. The van der Waals surface area contributed by atoms with E-state index in [1.165, 1.54) is 5.69 Å². The standard InChI is InChI=1S/C21H21ClN2O2/c22-17-8-9-19-16(11-17)12-20(23-19)15-5-4-10-24(13-15)21(25)14-26-18-6-2-1-3-7-18/h1-3,6-9,11-12,15,23H,4-5,10,13-14H2. The number of fused-ring (bicyclic) bond motifs is 1. The molecule has 1 atom stereocenters. The highest BCUT2D eigenvalue weighted by molar-refractivity contribution is 6.31. The van der Waals surface area contributed by atoms with Gasteiger partial charge in [0.2, 0.25) is 0 Å². The van der Waals surface area contributed by atoms with E-state index < -0.39 is 0 Å². The number of hydrogen-bond donors (Lipinski definition) is 1. The number of hydrogen-bond acceptors (Lipinski definition) is 2. The summed E-state index contributed by atoms with van der Waals surface area (Å²) in [5.74, 6) is 1.08. The first kappa shape index (κ1) is 17.0. The van der Waals surface area contributed by atoms with Gasteiger partial charge in [0, 0.05) is 40.6 Å². The fourth-order valence-corrected chi connectivity index (χ4v) is 3.74. The summed E-state index contributed by atoms with van der Waals surface area (Å²) in [6.45, 7) is 1.59. The summed E-state index contributed by atoms with van der Waals surface area (Å²) in [5.41, 5.74) is 2.25. The molecule has 1 N–H and O–H groups in total. The third-order valence-corrected chi connectivity index (χ3v) is 5.16. The summed E-state index contributed by atoms with van der Waals surface area (Å²) in [6, 6.07) is 17.5. The van der Waals surface area contributed by atoms with Crippen molar-refractivity contribution in [2.24, 2.45) is 0 Å². The zero-order valence-corrected chi connectivity index (χ0v) is 15.2. The van der Waals surface area contributed by atoms with Gasteiger partial charge in [0.15, 0.2) is 6.61 Å². The van der Waals surface area contributed by atoms with Crippen molar-refractivity contribution in [2.45, 2.75) is 18.8 Å². The van der Waals surface area contributed by atoms with Crippen LogP contribution < -0.4 is 4.74 Å². The number of benzene rings is 2. The van der Waals surface area contributed by atoms with Gasteiger partial charge in [0.05, 0.1) is 0 Å². The Morgan fingerprint density at radius 1 is 1.19 bits per heavy atom. The fourth-order valence-electron chi connectivity index (χ4n) is 3.56. The summed E-state index contributed by atoms with van der Waals surface area (Å²) >= 11 is 6.08. The Bertz CT molecular complexity index is 907. The lowest BCUT2D eigenvalue weighted by molar-refractivity contribution is -0.134. The third-order valence-electron chi connectivity index (χ3n) is 4.92. The van der Waals surface area contributed by atoms with Crippen molar-refractivity contribution in [1.82, 2.24) is 9.88 Å². The normalized spacial score (nSPS) is 17.4. The van der Waals surface area contributed by atoms with Crippen LogP contribution in [0.2, 0.25) is 5.02 Å². The maximum absolute atomic E-state index is 12.5. The first-order valence-electron chi connectivity index (χ1n) is 8.93. The van der Waals surface area contributed by atoms with E-state index >= 15 is 0 Å². The van der Waals surface area contributed by atoms with Gasteiger partial charge in [-0.15, -0.1) is 0 Å². The first-order valence-corrected chi connectivity index (χ1v) is 9.30. The lowest BCUT2D eigenvalue weighted by atomic mass is 9.94. The number of nitrogens with one attached hydrogen (secondary N) is 1. The van der Waals surface area contributed by atoms with Crippen LogP contribution in [0.15, 0.2) is 54.6 Å². The molecule has 0 aliphatic carbocycles. The highest BCUT2D eigenvalue weighted by Gasteiger charge is 2.26. The van der Waals surface area contributed by atoms with Crippen LogP contribution in [0, 0.1) is 0 Å². The highest BCUT2D eigenvalue weighted by Crippen LogP contribution is 2.30. The van der Waals surface area contributed by atoms with Gasteiger partial charge in [-0.3, -0.25) is 4.79 Å². The molecule has 0 bridgehead atoms. The Morgan fingerprint density at radius 2 is 2.04 bits per heavy atom. The monoisotopic (exact) mass is 368 g/mol. The maximum atomic E-state index is 12.5. The van der Waals surface area contributed by atoms with E-state index in [9.17, 15) is 4.79 Å². The molecular weight excluding hydrogens is 348 g/mol. The van der Waals surface area contributed by atoms with E-state index in [-0.39, 0.29) is 12.5 Å². The Labute approximate surface area is 157 Å². The summed E-state index contributed by atoms with van der Waals surface area (Å²) in [6.07, 6.45) is 2.07. The molecule has 5 heteroatoms. The third kappa shape index (κ3) is 3.70. The summed E-state index contributed by atoms with van der Waals surface area (Å²) in [4.78, 5) is 17.9. The molecule has 2 aromatic carbocycles. The SMILES string of the molecule is O=C(COc1ccccc1)N1CCCC(c2cc3cc(Cl)ccc3[nH]2)C1. The molecule has 1 saturated heterocycles. The molecule has 1 aromatic heterocycles. The number of carbonyl (C=O) groups excluding carboxylic acids is 1. The van der Waals surface area contributed by atoms with Gasteiger partial charge in [-0.25, -0.2) is 0 Å². The average molecular weight is 369 g/mol. The zero-order valence-electron chi connectivity index (χ0n) is 14.5. The summed E-state index contributed by atoms with van der Waals surface area (Å²) < 4.78 is 5.61. The van der Waals surface area contributed by atoms with Gasteiger partial charge in [0.1, 0.15) is 5.75 Å². The second-order valence-corrected chi connectivity index (χ2v) is 7.17. The lowest BCUT2D eigenvalue weighted by Crippen LogP contribution is -2.41. The summed E-state index contributed by atoms with van der Waals surface area (Å²) in [7, 11) is 0. The molecule has 134 valence electrons. The molecule has 0 radical (unpaired) electrons. The molecular formula is C21H21ClN2O2. The van der Waals surface area contributed by atoms with Crippen LogP contribution in [0.25, 0.3) is 10.9 Å². The molecule has 4 rings (SSSR count). The van der Waals surface area contributed by atoms with Gasteiger partial charge in [-0.2, -0.15) is 0 Å². The van der Waals surface area contributed by atoms with E-state index in [2.05, 4.69) is 11.1 Å². The number of amides is 1. The van der Waals surface area contributed by atoms with Crippen LogP contribution in [0.5, 0.6) is 5.75 Å². The zero-order chi connectivity index (χ0) is 17.9. The lowest BCUT2D eigenvalue weighted by Gasteiger charge is -2.32. The van der Waals surface area contributed by atoms with E-state index in [4.69, 9.17) is 16.3 Å². The highest BCUT2D eigenvalue weighted by atomic mass is 35.5. The van der Waals surface area contributed by atoms with E-state index in [0.717, 1.165) is 47.6 Å². The molecule has 26 heavy (non-hydrogen) atoms. The van der Waals surface area contributed by atoms with Crippen LogP contribution in [0.4, 0.5) is 0 Å². The van der Waals surface area contributed by atoms with Crippen molar-refractivity contribution in [3.63, 3.8) is 0 Å². The Balaban J connectivity index is 1.42. The number of likely N-dealkylation sites (tertiary alicyclic amines) is 1. The van der Waals surface area contributed by atoms with Crippen molar-refractivity contribution in [3.05, 3.63) is 65.3 Å². The van der Waals surface area contributed by atoms with Crippen LogP contribution in [-0.2, 0) is 4.79 Å². The van der Waals surface area contributed by atoms with Crippen LogP contribution >= 0.6 is 11.6 Å². The van der Waals surface area contributed by atoms with Crippen molar-refractivity contribution in [1.29, 1.82) is 0 Å². The molecule has 2 heterocycles. The van der Waals surface area contributed by atoms with Gasteiger partial charge < -0.3 is 14.6 Å². The number of nitrogens with zero attached hydrogens (tertiary/aromatic N) is 1.